The molecule has 1 aliphatic carbocycles. The van der Waals surface area contributed by atoms with Crippen LogP contribution in [-0.2, 0) is 14.3 Å². The maximum atomic E-state index is 11.9. The minimum absolute atomic E-state index is 0.00539. The molecule has 0 atom stereocenters. The highest BCUT2D eigenvalue weighted by molar-refractivity contribution is 5.84. The number of rotatable bonds is 8. The second kappa shape index (κ2) is 11.4. The van der Waals surface area contributed by atoms with Crippen LogP contribution < -0.4 is 5.32 Å². The van der Waals surface area contributed by atoms with Gasteiger partial charge in [0.2, 0.25) is 5.91 Å². The average Bonchev–Trinajstić information content (AvgIpc) is 3.16. The first-order chi connectivity index (χ1) is 12.6. The van der Waals surface area contributed by atoms with E-state index in [1.165, 1.54) is 25.7 Å². The Hall–Kier alpha value is -1.34. The molecule has 1 amide bonds. The van der Waals surface area contributed by atoms with Gasteiger partial charge in [0.05, 0.1) is 12.7 Å². The Bertz CT molecular complexity index is 442. The zero-order valence-electron chi connectivity index (χ0n) is 16.7. The third-order valence-electron chi connectivity index (χ3n) is 5.24. The summed E-state index contributed by atoms with van der Waals surface area (Å²) >= 11 is 0. The van der Waals surface area contributed by atoms with Crippen LogP contribution in [0.5, 0.6) is 0 Å². The lowest BCUT2D eigenvalue weighted by molar-refractivity contribution is -0.127. The highest BCUT2D eigenvalue weighted by atomic mass is 16.5. The molecular formula is C19H36N4O3. The Labute approximate surface area is 158 Å². The van der Waals surface area contributed by atoms with Crippen molar-refractivity contribution in [3.63, 3.8) is 0 Å². The Kier molecular flexibility index (Phi) is 9.18. The fourth-order valence-corrected chi connectivity index (χ4v) is 3.50. The summed E-state index contributed by atoms with van der Waals surface area (Å²) in [7, 11) is 5.19. The molecule has 2 rings (SSSR count). The SMILES string of the molecule is COCCNC(=NCC(=O)N(C)C)N1CCC(OCC2CCCC2)CC1. The molecule has 2 fully saturated rings. The van der Waals surface area contributed by atoms with Crippen molar-refractivity contribution in [2.24, 2.45) is 10.9 Å². The molecule has 1 aliphatic heterocycles. The third-order valence-corrected chi connectivity index (χ3v) is 5.24. The first kappa shape index (κ1) is 21.0. The quantitative estimate of drug-likeness (QED) is 0.398. The molecule has 26 heavy (non-hydrogen) atoms. The predicted molar refractivity (Wildman–Crippen MR) is 103 cm³/mol. The first-order valence-corrected chi connectivity index (χ1v) is 9.94. The van der Waals surface area contributed by atoms with Gasteiger partial charge >= 0.3 is 0 Å². The summed E-state index contributed by atoms with van der Waals surface area (Å²) in [5.41, 5.74) is 0. The van der Waals surface area contributed by atoms with Gasteiger partial charge in [0.15, 0.2) is 5.96 Å². The molecule has 0 aromatic rings. The number of carbonyl (C=O) groups excluding carboxylic acids is 1. The van der Waals surface area contributed by atoms with E-state index in [0.29, 0.717) is 19.3 Å². The fourth-order valence-electron chi connectivity index (χ4n) is 3.50. The van der Waals surface area contributed by atoms with Crippen molar-refractivity contribution >= 4 is 11.9 Å². The van der Waals surface area contributed by atoms with E-state index in [1.807, 2.05) is 0 Å². The van der Waals surface area contributed by atoms with Crippen LogP contribution in [0, 0.1) is 5.92 Å². The summed E-state index contributed by atoms with van der Waals surface area (Å²) in [6, 6.07) is 0. The van der Waals surface area contributed by atoms with E-state index in [4.69, 9.17) is 9.47 Å². The molecule has 1 N–H and O–H groups in total. The van der Waals surface area contributed by atoms with E-state index in [1.54, 1.807) is 26.1 Å². The van der Waals surface area contributed by atoms with Gasteiger partial charge in [0.25, 0.3) is 0 Å². The van der Waals surface area contributed by atoms with Crippen LogP contribution in [0.15, 0.2) is 4.99 Å². The first-order valence-electron chi connectivity index (χ1n) is 9.94. The lowest BCUT2D eigenvalue weighted by Crippen LogP contribution is -2.48. The normalized spacial score (nSPS) is 19.8. The van der Waals surface area contributed by atoms with Gasteiger partial charge in [-0.05, 0) is 31.6 Å². The Morgan fingerprint density at radius 1 is 1.19 bits per heavy atom. The predicted octanol–water partition coefficient (Wildman–Crippen LogP) is 1.34. The number of piperidine rings is 1. The number of guanidine groups is 1. The molecule has 0 radical (unpaired) electrons. The fraction of sp³-hybridized carbons (Fsp3) is 0.895. The smallest absolute Gasteiger partial charge is 0.243 e. The monoisotopic (exact) mass is 368 g/mol. The molecule has 1 heterocycles. The molecular weight excluding hydrogens is 332 g/mol. The van der Waals surface area contributed by atoms with Crippen LogP contribution >= 0.6 is 0 Å². The number of aliphatic imine (C=N–C) groups is 1. The largest absolute Gasteiger partial charge is 0.383 e. The van der Waals surface area contributed by atoms with Crippen molar-refractivity contribution in [2.45, 2.75) is 44.6 Å². The Balaban J connectivity index is 1.79. The Morgan fingerprint density at radius 2 is 1.88 bits per heavy atom. The number of carbonyl (C=O) groups is 1. The number of likely N-dealkylation sites (N-methyl/N-ethyl adjacent to an activating group) is 1. The van der Waals surface area contributed by atoms with E-state index < -0.39 is 0 Å². The number of nitrogens with zero attached hydrogens (tertiary/aromatic N) is 3. The van der Waals surface area contributed by atoms with Gasteiger partial charge in [-0.15, -0.1) is 0 Å². The van der Waals surface area contributed by atoms with Gasteiger partial charge in [-0.1, -0.05) is 12.8 Å². The molecule has 0 aromatic heterocycles. The standard InChI is InChI=1S/C19H36N4O3/c1-22(2)18(24)14-21-19(20-10-13-25-3)23-11-8-17(9-12-23)26-15-16-6-4-5-7-16/h16-17H,4-15H2,1-3H3,(H,20,21). The maximum Gasteiger partial charge on any atom is 0.243 e. The molecule has 0 aromatic carbocycles. The number of nitrogens with one attached hydrogen (secondary N) is 1. The highest BCUT2D eigenvalue weighted by Crippen LogP contribution is 2.26. The zero-order valence-corrected chi connectivity index (χ0v) is 16.7. The van der Waals surface area contributed by atoms with Gasteiger partial charge in [-0.2, -0.15) is 0 Å². The van der Waals surface area contributed by atoms with Crippen LogP contribution in [0.2, 0.25) is 0 Å². The van der Waals surface area contributed by atoms with Crippen molar-refractivity contribution in [3.8, 4) is 0 Å². The van der Waals surface area contributed by atoms with Crippen LogP contribution in [0.1, 0.15) is 38.5 Å². The number of likely N-dealkylation sites (tertiary alicyclic amines) is 1. The minimum Gasteiger partial charge on any atom is -0.383 e. The van der Waals surface area contributed by atoms with Gasteiger partial charge in [0.1, 0.15) is 6.54 Å². The molecule has 0 bridgehead atoms. The van der Waals surface area contributed by atoms with E-state index in [-0.39, 0.29) is 12.5 Å². The highest BCUT2D eigenvalue weighted by Gasteiger charge is 2.24. The van der Waals surface area contributed by atoms with Crippen molar-refractivity contribution in [1.29, 1.82) is 0 Å². The van der Waals surface area contributed by atoms with Crippen LogP contribution in [0.4, 0.5) is 0 Å². The second-order valence-corrected chi connectivity index (χ2v) is 7.52. The number of hydrogen-bond donors (Lipinski definition) is 1. The molecule has 0 spiro atoms. The van der Waals surface area contributed by atoms with E-state index in [2.05, 4.69) is 15.2 Å². The second-order valence-electron chi connectivity index (χ2n) is 7.52. The van der Waals surface area contributed by atoms with E-state index in [0.717, 1.165) is 44.4 Å². The topological polar surface area (TPSA) is 66.4 Å². The maximum absolute atomic E-state index is 11.9. The van der Waals surface area contributed by atoms with Gasteiger partial charge in [-0.3, -0.25) is 4.79 Å². The summed E-state index contributed by atoms with van der Waals surface area (Å²) in [6.07, 6.45) is 7.78. The molecule has 150 valence electrons. The molecule has 7 nitrogen and oxygen atoms in total. The van der Waals surface area contributed by atoms with Gasteiger partial charge in [0, 0.05) is 47.4 Å². The number of amides is 1. The number of ether oxygens (including phenoxy) is 2. The van der Waals surface area contributed by atoms with Crippen LogP contribution in [0.25, 0.3) is 0 Å². The lowest BCUT2D eigenvalue weighted by atomic mass is 10.1. The van der Waals surface area contributed by atoms with Crippen molar-refractivity contribution in [3.05, 3.63) is 0 Å². The zero-order chi connectivity index (χ0) is 18.8. The average molecular weight is 369 g/mol. The summed E-state index contributed by atoms with van der Waals surface area (Å²) in [5, 5.41) is 3.32. The molecule has 2 aliphatic rings. The number of hydrogen-bond acceptors (Lipinski definition) is 4. The van der Waals surface area contributed by atoms with E-state index in [9.17, 15) is 4.79 Å². The molecule has 1 saturated carbocycles. The lowest BCUT2D eigenvalue weighted by Gasteiger charge is -2.34. The molecule has 7 heteroatoms. The summed E-state index contributed by atoms with van der Waals surface area (Å²) < 4.78 is 11.3. The van der Waals surface area contributed by atoms with Gasteiger partial charge in [-0.25, -0.2) is 4.99 Å². The van der Waals surface area contributed by atoms with Crippen LogP contribution in [0.3, 0.4) is 0 Å². The molecule has 1 saturated heterocycles. The number of methoxy groups -OCH3 is 1. The summed E-state index contributed by atoms with van der Waals surface area (Å²) in [6.45, 7) is 4.20. The van der Waals surface area contributed by atoms with Crippen molar-refractivity contribution < 1.29 is 14.3 Å². The Morgan fingerprint density at radius 3 is 2.50 bits per heavy atom. The summed E-state index contributed by atoms with van der Waals surface area (Å²) in [4.78, 5) is 20.2. The molecule has 0 unspecified atom stereocenters. The van der Waals surface area contributed by atoms with Crippen LogP contribution in [-0.4, -0.2) is 88.4 Å². The van der Waals surface area contributed by atoms with E-state index >= 15 is 0 Å². The minimum atomic E-state index is 0.00539. The van der Waals surface area contributed by atoms with Gasteiger partial charge < -0.3 is 24.6 Å². The summed E-state index contributed by atoms with van der Waals surface area (Å²) in [5.74, 6) is 1.58. The third kappa shape index (κ3) is 7.11. The van der Waals surface area contributed by atoms with Crippen molar-refractivity contribution in [2.75, 3.05) is 60.6 Å². The van der Waals surface area contributed by atoms with Crippen molar-refractivity contribution in [1.82, 2.24) is 15.1 Å².